The fourth-order valence-corrected chi connectivity index (χ4v) is 3.07. The topological polar surface area (TPSA) is 86.0 Å². The molecule has 2 N–H and O–H groups in total. The second-order valence-electron chi connectivity index (χ2n) is 5.88. The molecule has 1 saturated carbocycles. The summed E-state index contributed by atoms with van der Waals surface area (Å²) in [4.78, 5) is 15.9. The Morgan fingerprint density at radius 2 is 2.10 bits per heavy atom. The first-order chi connectivity index (χ1) is 9.98. The predicted molar refractivity (Wildman–Crippen MR) is 80.1 cm³/mol. The lowest BCUT2D eigenvalue weighted by molar-refractivity contribution is -0.150. The van der Waals surface area contributed by atoms with Gasteiger partial charge in [-0.1, -0.05) is 19.3 Å². The molecule has 0 bridgehead atoms. The van der Waals surface area contributed by atoms with Crippen LogP contribution in [0.25, 0.3) is 0 Å². The van der Waals surface area contributed by atoms with Crippen molar-refractivity contribution in [1.82, 2.24) is 4.98 Å². The van der Waals surface area contributed by atoms with Gasteiger partial charge in [-0.2, -0.15) is 5.26 Å². The van der Waals surface area contributed by atoms with E-state index in [0.717, 1.165) is 25.0 Å². The average molecular weight is 287 g/mol. The number of aryl methyl sites for hydroxylation is 2. The van der Waals surface area contributed by atoms with Crippen molar-refractivity contribution < 1.29 is 9.90 Å². The van der Waals surface area contributed by atoms with E-state index in [1.165, 1.54) is 0 Å². The number of nitrogens with one attached hydrogen (secondary N) is 1. The Kier molecular flexibility index (Phi) is 4.46. The van der Waals surface area contributed by atoms with Gasteiger partial charge in [-0.3, -0.25) is 9.78 Å². The van der Waals surface area contributed by atoms with E-state index < -0.39 is 11.4 Å². The zero-order valence-electron chi connectivity index (χ0n) is 12.6. The van der Waals surface area contributed by atoms with Crippen molar-refractivity contribution in [3.63, 3.8) is 0 Å². The molecule has 0 amide bonds. The summed E-state index contributed by atoms with van der Waals surface area (Å²) in [6, 6.07) is 3.96. The van der Waals surface area contributed by atoms with Crippen molar-refractivity contribution in [1.29, 1.82) is 5.26 Å². The van der Waals surface area contributed by atoms with E-state index in [-0.39, 0.29) is 0 Å². The number of carbonyl (C=O) groups is 1. The highest BCUT2D eigenvalue weighted by Gasteiger charge is 2.39. The summed E-state index contributed by atoms with van der Waals surface area (Å²) >= 11 is 0. The van der Waals surface area contributed by atoms with Gasteiger partial charge in [0.25, 0.3) is 0 Å². The number of pyridine rings is 1. The first-order valence-electron chi connectivity index (χ1n) is 7.34. The molecule has 0 spiro atoms. The molecule has 1 heterocycles. The van der Waals surface area contributed by atoms with Crippen molar-refractivity contribution in [2.24, 2.45) is 5.41 Å². The van der Waals surface area contributed by atoms with Crippen LogP contribution in [0.2, 0.25) is 0 Å². The summed E-state index contributed by atoms with van der Waals surface area (Å²) in [6.07, 6.45) is 4.40. The highest BCUT2D eigenvalue weighted by Crippen LogP contribution is 2.37. The Labute approximate surface area is 125 Å². The molecule has 0 atom stereocenters. The summed E-state index contributed by atoms with van der Waals surface area (Å²) < 4.78 is 0. The monoisotopic (exact) mass is 287 g/mol. The van der Waals surface area contributed by atoms with Crippen LogP contribution in [0.5, 0.6) is 0 Å². The average Bonchev–Trinajstić information content (AvgIpc) is 2.45. The zero-order valence-corrected chi connectivity index (χ0v) is 12.6. The summed E-state index contributed by atoms with van der Waals surface area (Å²) in [5, 5.41) is 22.0. The van der Waals surface area contributed by atoms with E-state index in [4.69, 9.17) is 0 Å². The van der Waals surface area contributed by atoms with Crippen molar-refractivity contribution >= 4 is 11.7 Å². The lowest BCUT2D eigenvalue weighted by atomic mass is 9.74. The Bertz CT molecular complexity index is 584. The van der Waals surface area contributed by atoms with Gasteiger partial charge in [-0.05, 0) is 32.8 Å². The van der Waals surface area contributed by atoms with Crippen LogP contribution in [-0.4, -0.2) is 22.6 Å². The lowest BCUT2D eigenvalue weighted by Gasteiger charge is -2.33. The van der Waals surface area contributed by atoms with Crippen LogP contribution in [0, 0.1) is 30.6 Å². The summed E-state index contributed by atoms with van der Waals surface area (Å²) in [7, 11) is 0. The smallest absolute Gasteiger partial charge is 0.311 e. The summed E-state index contributed by atoms with van der Waals surface area (Å²) in [6.45, 7) is 4.02. The molecule has 1 fully saturated rings. The van der Waals surface area contributed by atoms with Gasteiger partial charge in [0.2, 0.25) is 0 Å². The summed E-state index contributed by atoms with van der Waals surface area (Å²) in [5.41, 5.74) is 1.97. The van der Waals surface area contributed by atoms with Crippen molar-refractivity contribution in [3.8, 4) is 6.07 Å². The summed E-state index contributed by atoms with van der Waals surface area (Å²) in [5.74, 6) is -0.740. The molecule has 1 aliphatic carbocycles. The zero-order chi connectivity index (χ0) is 15.5. The molecule has 0 radical (unpaired) electrons. The first-order valence-corrected chi connectivity index (χ1v) is 7.34. The van der Waals surface area contributed by atoms with Crippen molar-refractivity contribution in [2.75, 3.05) is 11.9 Å². The number of anilines is 1. The number of carboxylic acids is 1. The minimum absolute atomic E-state index is 0.361. The highest BCUT2D eigenvalue weighted by molar-refractivity contribution is 5.76. The third kappa shape index (κ3) is 3.15. The molecule has 0 saturated heterocycles. The fourth-order valence-electron chi connectivity index (χ4n) is 3.07. The predicted octanol–water partition coefficient (Wildman–Crippen LogP) is 3.02. The Hall–Kier alpha value is -2.09. The third-order valence-corrected chi connectivity index (χ3v) is 4.32. The van der Waals surface area contributed by atoms with Gasteiger partial charge < -0.3 is 10.4 Å². The molecule has 0 unspecified atom stereocenters. The molecular weight excluding hydrogens is 266 g/mol. The fraction of sp³-hybridized carbons (Fsp3) is 0.562. The number of aliphatic carboxylic acids is 1. The molecule has 0 aromatic carbocycles. The molecule has 1 aliphatic rings. The number of hydrogen-bond acceptors (Lipinski definition) is 4. The molecule has 1 aromatic rings. The number of nitrogens with zero attached hydrogens (tertiary/aromatic N) is 2. The standard InChI is InChI=1S/C16H21N3O2/c1-11-8-14(13(9-17)12(2)19-11)18-10-16(15(20)21)6-4-3-5-7-16/h8H,3-7,10H2,1-2H3,(H,18,19)(H,20,21). The van der Waals surface area contributed by atoms with Gasteiger partial charge in [-0.15, -0.1) is 0 Å². The molecule has 5 heteroatoms. The number of aromatic nitrogens is 1. The van der Waals surface area contributed by atoms with Crippen molar-refractivity contribution in [3.05, 3.63) is 23.0 Å². The molecule has 112 valence electrons. The number of hydrogen-bond donors (Lipinski definition) is 2. The van der Waals surface area contributed by atoms with Gasteiger partial charge in [0.05, 0.1) is 22.4 Å². The van der Waals surface area contributed by atoms with Gasteiger partial charge in [-0.25, -0.2) is 0 Å². The van der Waals surface area contributed by atoms with Crippen LogP contribution in [0.3, 0.4) is 0 Å². The quantitative estimate of drug-likeness (QED) is 0.889. The maximum absolute atomic E-state index is 11.7. The van der Waals surface area contributed by atoms with E-state index in [1.54, 1.807) is 6.92 Å². The van der Waals surface area contributed by atoms with E-state index >= 15 is 0 Å². The van der Waals surface area contributed by atoms with E-state index in [9.17, 15) is 15.2 Å². The molecular formula is C16H21N3O2. The van der Waals surface area contributed by atoms with Crippen LogP contribution >= 0.6 is 0 Å². The lowest BCUT2D eigenvalue weighted by Crippen LogP contribution is -2.39. The third-order valence-electron chi connectivity index (χ3n) is 4.32. The number of rotatable bonds is 4. The molecule has 1 aromatic heterocycles. The second kappa shape index (κ2) is 6.13. The SMILES string of the molecule is Cc1cc(NCC2(C(=O)O)CCCCC2)c(C#N)c(C)n1. The van der Waals surface area contributed by atoms with Crippen LogP contribution in [-0.2, 0) is 4.79 Å². The van der Waals surface area contributed by atoms with Gasteiger partial charge in [0.15, 0.2) is 0 Å². The molecule has 5 nitrogen and oxygen atoms in total. The molecule has 21 heavy (non-hydrogen) atoms. The second-order valence-corrected chi connectivity index (χ2v) is 5.88. The van der Waals surface area contributed by atoms with E-state index in [2.05, 4.69) is 16.4 Å². The van der Waals surface area contributed by atoms with Crippen LogP contribution in [0.1, 0.15) is 49.1 Å². The van der Waals surface area contributed by atoms with Crippen molar-refractivity contribution in [2.45, 2.75) is 46.0 Å². The first kappa shape index (κ1) is 15.3. The van der Waals surface area contributed by atoms with Crippen LogP contribution in [0.4, 0.5) is 5.69 Å². The largest absolute Gasteiger partial charge is 0.481 e. The van der Waals surface area contributed by atoms with Gasteiger partial charge in [0.1, 0.15) is 6.07 Å². The maximum Gasteiger partial charge on any atom is 0.311 e. The Morgan fingerprint density at radius 1 is 1.43 bits per heavy atom. The Balaban J connectivity index is 2.22. The molecule has 0 aliphatic heterocycles. The Morgan fingerprint density at radius 3 is 2.67 bits per heavy atom. The van der Waals surface area contributed by atoms with Crippen LogP contribution in [0.15, 0.2) is 6.07 Å². The van der Waals surface area contributed by atoms with Gasteiger partial charge in [0, 0.05) is 12.2 Å². The number of carboxylic acid groups (broad SMARTS) is 1. The highest BCUT2D eigenvalue weighted by atomic mass is 16.4. The van der Waals surface area contributed by atoms with Crippen LogP contribution < -0.4 is 5.32 Å². The van der Waals surface area contributed by atoms with Gasteiger partial charge >= 0.3 is 5.97 Å². The minimum Gasteiger partial charge on any atom is -0.481 e. The van der Waals surface area contributed by atoms with E-state index in [0.29, 0.717) is 36.3 Å². The normalized spacial score (nSPS) is 17.0. The number of nitriles is 1. The maximum atomic E-state index is 11.7. The molecule has 2 rings (SSSR count). The van der Waals surface area contributed by atoms with E-state index in [1.807, 2.05) is 13.0 Å². The minimum atomic E-state index is -0.740.